The third kappa shape index (κ3) is 7.68. The molecule has 0 saturated heterocycles. The predicted octanol–water partition coefficient (Wildman–Crippen LogP) is 0.0320. The SMILES string of the molecule is CCNCCNC(=O)CCS. The first-order valence-corrected chi connectivity index (χ1v) is 4.52. The van der Waals surface area contributed by atoms with Crippen molar-refractivity contribution in [2.24, 2.45) is 0 Å². The Hall–Kier alpha value is -0.220. The molecule has 0 aliphatic heterocycles. The second-order valence-electron chi connectivity index (χ2n) is 2.18. The van der Waals surface area contributed by atoms with Crippen LogP contribution in [0, 0.1) is 0 Å². The fourth-order valence-electron chi connectivity index (χ4n) is 0.657. The minimum Gasteiger partial charge on any atom is -0.355 e. The minimum absolute atomic E-state index is 0.0814. The quantitative estimate of drug-likeness (QED) is 0.395. The lowest BCUT2D eigenvalue weighted by Crippen LogP contribution is -2.31. The normalized spacial score (nSPS) is 9.64. The molecule has 0 atom stereocenters. The van der Waals surface area contributed by atoms with Crippen LogP contribution in [0.1, 0.15) is 13.3 Å². The van der Waals surface area contributed by atoms with E-state index in [9.17, 15) is 4.79 Å². The Morgan fingerprint density at radius 2 is 2.18 bits per heavy atom. The topological polar surface area (TPSA) is 41.1 Å². The van der Waals surface area contributed by atoms with Gasteiger partial charge >= 0.3 is 0 Å². The summed E-state index contributed by atoms with van der Waals surface area (Å²) in [5.41, 5.74) is 0. The Morgan fingerprint density at radius 3 is 2.73 bits per heavy atom. The first-order chi connectivity index (χ1) is 5.31. The molecule has 0 fully saturated rings. The van der Waals surface area contributed by atoms with Crippen LogP contribution in [0.4, 0.5) is 0 Å². The summed E-state index contributed by atoms with van der Waals surface area (Å²) in [7, 11) is 0. The molecule has 0 spiro atoms. The minimum atomic E-state index is 0.0814. The van der Waals surface area contributed by atoms with E-state index < -0.39 is 0 Å². The third-order valence-electron chi connectivity index (χ3n) is 1.21. The van der Waals surface area contributed by atoms with Gasteiger partial charge in [-0.05, 0) is 12.3 Å². The molecule has 0 rings (SSSR count). The molecule has 66 valence electrons. The number of likely N-dealkylation sites (N-methyl/N-ethyl adjacent to an activating group) is 1. The van der Waals surface area contributed by atoms with Gasteiger partial charge in [-0.3, -0.25) is 4.79 Å². The van der Waals surface area contributed by atoms with Crippen LogP contribution in [-0.4, -0.2) is 31.3 Å². The number of rotatable bonds is 6. The van der Waals surface area contributed by atoms with Crippen molar-refractivity contribution in [3.05, 3.63) is 0 Å². The molecule has 0 bridgehead atoms. The van der Waals surface area contributed by atoms with Crippen molar-refractivity contribution in [3.63, 3.8) is 0 Å². The maximum atomic E-state index is 10.8. The highest BCUT2D eigenvalue weighted by Crippen LogP contribution is 1.81. The molecular weight excluding hydrogens is 160 g/mol. The fourth-order valence-corrected chi connectivity index (χ4v) is 0.860. The first-order valence-electron chi connectivity index (χ1n) is 3.89. The maximum Gasteiger partial charge on any atom is 0.220 e. The van der Waals surface area contributed by atoms with Gasteiger partial charge in [0.1, 0.15) is 0 Å². The van der Waals surface area contributed by atoms with Gasteiger partial charge in [0.25, 0.3) is 0 Å². The highest BCUT2D eigenvalue weighted by atomic mass is 32.1. The fraction of sp³-hybridized carbons (Fsp3) is 0.857. The standard InChI is InChI=1S/C7H16N2OS/c1-2-8-4-5-9-7(10)3-6-11/h8,11H,2-6H2,1H3,(H,9,10). The molecule has 0 aromatic heterocycles. The van der Waals surface area contributed by atoms with Gasteiger partial charge in [-0.15, -0.1) is 0 Å². The van der Waals surface area contributed by atoms with E-state index in [0.717, 1.165) is 13.1 Å². The van der Waals surface area contributed by atoms with E-state index in [-0.39, 0.29) is 5.91 Å². The highest BCUT2D eigenvalue weighted by Gasteiger charge is 1.95. The van der Waals surface area contributed by atoms with Crippen molar-refractivity contribution in [2.45, 2.75) is 13.3 Å². The summed E-state index contributed by atoms with van der Waals surface area (Å²) in [6.07, 6.45) is 0.509. The lowest BCUT2D eigenvalue weighted by atomic mass is 10.4. The van der Waals surface area contributed by atoms with Crippen molar-refractivity contribution < 1.29 is 4.79 Å². The van der Waals surface area contributed by atoms with E-state index in [0.29, 0.717) is 18.7 Å². The lowest BCUT2D eigenvalue weighted by molar-refractivity contribution is -0.120. The van der Waals surface area contributed by atoms with Crippen LogP contribution in [0.15, 0.2) is 0 Å². The van der Waals surface area contributed by atoms with Crippen molar-refractivity contribution in [3.8, 4) is 0 Å². The van der Waals surface area contributed by atoms with Crippen LogP contribution in [0.25, 0.3) is 0 Å². The number of carbonyl (C=O) groups is 1. The van der Waals surface area contributed by atoms with Crippen LogP contribution in [0.5, 0.6) is 0 Å². The summed E-state index contributed by atoms with van der Waals surface area (Å²) in [6, 6.07) is 0. The maximum absolute atomic E-state index is 10.8. The zero-order chi connectivity index (χ0) is 8.53. The number of thiol groups is 1. The summed E-state index contributed by atoms with van der Waals surface area (Å²) in [4.78, 5) is 10.8. The number of carbonyl (C=O) groups excluding carboxylic acids is 1. The van der Waals surface area contributed by atoms with E-state index in [1.165, 1.54) is 0 Å². The Kier molecular flexibility index (Phi) is 7.72. The number of nitrogens with one attached hydrogen (secondary N) is 2. The van der Waals surface area contributed by atoms with Crippen LogP contribution >= 0.6 is 12.6 Å². The molecule has 0 aliphatic rings. The second-order valence-corrected chi connectivity index (χ2v) is 2.62. The molecule has 0 aliphatic carbocycles. The average molecular weight is 176 g/mol. The van der Waals surface area contributed by atoms with Crippen molar-refractivity contribution >= 4 is 18.5 Å². The lowest BCUT2D eigenvalue weighted by Gasteiger charge is -2.03. The largest absolute Gasteiger partial charge is 0.355 e. The Bertz CT molecular complexity index is 109. The summed E-state index contributed by atoms with van der Waals surface area (Å²) < 4.78 is 0. The first kappa shape index (κ1) is 10.8. The van der Waals surface area contributed by atoms with E-state index in [1.807, 2.05) is 6.92 Å². The molecule has 11 heavy (non-hydrogen) atoms. The van der Waals surface area contributed by atoms with Crippen LogP contribution < -0.4 is 10.6 Å². The van der Waals surface area contributed by atoms with Crippen LogP contribution in [-0.2, 0) is 4.79 Å². The summed E-state index contributed by atoms with van der Waals surface area (Å²) in [6.45, 7) is 4.53. The second kappa shape index (κ2) is 7.88. The van der Waals surface area contributed by atoms with Gasteiger partial charge in [0, 0.05) is 19.5 Å². The molecule has 2 N–H and O–H groups in total. The average Bonchev–Trinajstić information content (AvgIpc) is 1.99. The number of amides is 1. The number of hydrogen-bond acceptors (Lipinski definition) is 3. The number of hydrogen-bond donors (Lipinski definition) is 3. The van der Waals surface area contributed by atoms with Gasteiger partial charge in [-0.25, -0.2) is 0 Å². The van der Waals surface area contributed by atoms with Crippen LogP contribution in [0.2, 0.25) is 0 Å². The van der Waals surface area contributed by atoms with E-state index in [4.69, 9.17) is 0 Å². The monoisotopic (exact) mass is 176 g/mol. The van der Waals surface area contributed by atoms with Gasteiger partial charge in [0.05, 0.1) is 0 Å². The predicted molar refractivity (Wildman–Crippen MR) is 50.0 cm³/mol. The molecule has 1 amide bonds. The Morgan fingerprint density at radius 1 is 1.45 bits per heavy atom. The van der Waals surface area contributed by atoms with E-state index >= 15 is 0 Å². The van der Waals surface area contributed by atoms with Gasteiger partial charge in [-0.2, -0.15) is 12.6 Å². The highest BCUT2D eigenvalue weighted by molar-refractivity contribution is 7.80. The molecule has 0 radical (unpaired) electrons. The van der Waals surface area contributed by atoms with E-state index in [2.05, 4.69) is 23.3 Å². The molecule has 0 heterocycles. The van der Waals surface area contributed by atoms with Crippen molar-refractivity contribution in [2.75, 3.05) is 25.4 Å². The molecule has 3 nitrogen and oxygen atoms in total. The smallest absolute Gasteiger partial charge is 0.220 e. The van der Waals surface area contributed by atoms with Crippen LogP contribution in [0.3, 0.4) is 0 Å². The van der Waals surface area contributed by atoms with E-state index in [1.54, 1.807) is 0 Å². The van der Waals surface area contributed by atoms with Gasteiger partial charge in [0.2, 0.25) is 5.91 Å². The molecular formula is C7H16N2OS. The van der Waals surface area contributed by atoms with Gasteiger partial charge in [0.15, 0.2) is 0 Å². The zero-order valence-electron chi connectivity index (χ0n) is 6.89. The molecule has 0 unspecified atom stereocenters. The zero-order valence-corrected chi connectivity index (χ0v) is 7.79. The molecule has 0 aromatic rings. The molecule has 4 heteroatoms. The molecule has 0 saturated carbocycles. The third-order valence-corrected chi connectivity index (χ3v) is 1.44. The van der Waals surface area contributed by atoms with Crippen molar-refractivity contribution in [1.82, 2.24) is 10.6 Å². The van der Waals surface area contributed by atoms with Gasteiger partial charge in [-0.1, -0.05) is 6.92 Å². The van der Waals surface area contributed by atoms with Gasteiger partial charge < -0.3 is 10.6 Å². The summed E-state index contributed by atoms with van der Waals surface area (Å²) in [5.74, 6) is 0.699. The summed E-state index contributed by atoms with van der Waals surface area (Å²) >= 11 is 3.95. The Balaban J connectivity index is 3.04. The molecule has 0 aromatic carbocycles. The summed E-state index contributed by atoms with van der Waals surface area (Å²) in [5, 5.41) is 5.88. The van der Waals surface area contributed by atoms with Crippen molar-refractivity contribution in [1.29, 1.82) is 0 Å². The Labute approximate surface area is 73.3 Å².